The van der Waals surface area contributed by atoms with Crippen molar-refractivity contribution in [1.29, 1.82) is 0 Å². The van der Waals surface area contributed by atoms with E-state index in [0.717, 1.165) is 19.4 Å². The third-order valence-electron chi connectivity index (χ3n) is 6.54. The Kier molecular flexibility index (Phi) is 8.61. The molecular formula is C25H30F3N5O4. The number of amides is 2. The van der Waals surface area contributed by atoms with E-state index in [9.17, 15) is 27.6 Å². The lowest BCUT2D eigenvalue weighted by molar-refractivity contribution is -0.138. The SMILES string of the molecule is C=CN=C/C(=C\N)C(=O)NC1(C(=O)NCC2CCN(c3cccc(C(F)(F)F)c3C(=O)OC)CC2)CC1. The molecule has 4 N–H and O–H groups in total. The minimum absolute atomic E-state index is 0.0818. The van der Waals surface area contributed by atoms with Crippen molar-refractivity contribution in [3.63, 3.8) is 0 Å². The Morgan fingerprint density at radius 2 is 1.95 bits per heavy atom. The molecule has 3 rings (SSSR count). The Hall–Kier alpha value is -3.83. The second-order valence-corrected chi connectivity index (χ2v) is 8.95. The number of anilines is 1. The lowest BCUT2D eigenvalue weighted by Crippen LogP contribution is -2.51. The summed E-state index contributed by atoms with van der Waals surface area (Å²) >= 11 is 0. The molecule has 9 nitrogen and oxygen atoms in total. The normalized spacial score (nSPS) is 17.8. The number of alkyl halides is 3. The Balaban J connectivity index is 1.58. The van der Waals surface area contributed by atoms with Crippen molar-refractivity contribution in [3.8, 4) is 0 Å². The number of hydrogen-bond donors (Lipinski definition) is 3. The number of carbonyl (C=O) groups is 3. The van der Waals surface area contributed by atoms with Crippen molar-refractivity contribution in [2.24, 2.45) is 16.6 Å². The van der Waals surface area contributed by atoms with Crippen LogP contribution in [0, 0.1) is 5.92 Å². The molecule has 0 unspecified atom stereocenters. The van der Waals surface area contributed by atoms with Gasteiger partial charge in [-0.2, -0.15) is 13.2 Å². The fourth-order valence-corrected chi connectivity index (χ4v) is 4.27. The van der Waals surface area contributed by atoms with Crippen molar-refractivity contribution >= 4 is 29.7 Å². The zero-order valence-corrected chi connectivity index (χ0v) is 20.4. The van der Waals surface area contributed by atoms with Gasteiger partial charge in [-0.15, -0.1) is 0 Å². The number of halogens is 3. The van der Waals surface area contributed by atoms with Crippen LogP contribution in [0.4, 0.5) is 18.9 Å². The van der Waals surface area contributed by atoms with Crippen LogP contribution < -0.4 is 21.3 Å². The van der Waals surface area contributed by atoms with Gasteiger partial charge < -0.3 is 26.0 Å². The number of methoxy groups -OCH3 is 1. The molecule has 12 heteroatoms. The minimum Gasteiger partial charge on any atom is -0.465 e. The molecule has 2 amide bonds. The van der Waals surface area contributed by atoms with Gasteiger partial charge >= 0.3 is 12.1 Å². The van der Waals surface area contributed by atoms with Crippen LogP contribution in [0.2, 0.25) is 0 Å². The van der Waals surface area contributed by atoms with Crippen molar-refractivity contribution in [1.82, 2.24) is 10.6 Å². The molecule has 1 saturated carbocycles. The van der Waals surface area contributed by atoms with Crippen molar-refractivity contribution < 1.29 is 32.3 Å². The second-order valence-electron chi connectivity index (χ2n) is 8.95. The average molecular weight is 522 g/mol. The first-order chi connectivity index (χ1) is 17.6. The van der Waals surface area contributed by atoms with Gasteiger partial charge in [0.1, 0.15) is 5.54 Å². The smallest absolute Gasteiger partial charge is 0.417 e. The zero-order chi connectivity index (χ0) is 27.2. The molecule has 1 aliphatic heterocycles. The molecule has 0 aromatic heterocycles. The van der Waals surface area contributed by atoms with E-state index in [4.69, 9.17) is 5.73 Å². The second kappa shape index (κ2) is 11.5. The summed E-state index contributed by atoms with van der Waals surface area (Å²) < 4.78 is 45.2. The van der Waals surface area contributed by atoms with Crippen LogP contribution in [0.25, 0.3) is 0 Å². The van der Waals surface area contributed by atoms with Gasteiger partial charge in [0.2, 0.25) is 5.91 Å². The maximum Gasteiger partial charge on any atom is 0.417 e. The highest BCUT2D eigenvalue weighted by atomic mass is 19.4. The van der Waals surface area contributed by atoms with Gasteiger partial charge in [-0.25, -0.2) is 4.79 Å². The summed E-state index contributed by atoms with van der Waals surface area (Å²) in [6, 6.07) is 3.62. The topological polar surface area (TPSA) is 126 Å². The summed E-state index contributed by atoms with van der Waals surface area (Å²) in [5.41, 5.74) is 3.21. The molecule has 1 aromatic carbocycles. The molecule has 1 saturated heterocycles. The lowest BCUT2D eigenvalue weighted by atomic mass is 9.94. The minimum atomic E-state index is -4.70. The number of nitrogens with two attached hydrogens (primary N) is 1. The molecule has 0 radical (unpaired) electrons. The quantitative estimate of drug-likeness (QED) is 0.261. The van der Waals surface area contributed by atoms with E-state index in [0.29, 0.717) is 45.3 Å². The van der Waals surface area contributed by atoms with Gasteiger partial charge in [0.05, 0.1) is 29.5 Å². The van der Waals surface area contributed by atoms with Crippen LogP contribution in [-0.2, 0) is 20.5 Å². The number of nitrogens with one attached hydrogen (secondary N) is 2. The highest BCUT2D eigenvalue weighted by Gasteiger charge is 2.51. The first-order valence-corrected chi connectivity index (χ1v) is 11.8. The van der Waals surface area contributed by atoms with E-state index in [2.05, 4.69) is 26.9 Å². The van der Waals surface area contributed by atoms with E-state index in [1.54, 1.807) is 4.90 Å². The Morgan fingerprint density at radius 3 is 2.49 bits per heavy atom. The van der Waals surface area contributed by atoms with E-state index < -0.39 is 34.7 Å². The van der Waals surface area contributed by atoms with Crippen LogP contribution >= 0.6 is 0 Å². The van der Waals surface area contributed by atoms with Gasteiger partial charge in [0.25, 0.3) is 5.91 Å². The summed E-state index contributed by atoms with van der Waals surface area (Å²) in [5, 5.41) is 5.60. The van der Waals surface area contributed by atoms with Crippen LogP contribution in [0.15, 0.2) is 47.7 Å². The predicted molar refractivity (Wildman–Crippen MR) is 132 cm³/mol. The first-order valence-electron chi connectivity index (χ1n) is 11.8. The molecular weight excluding hydrogens is 491 g/mol. The number of esters is 1. The molecule has 0 spiro atoms. The van der Waals surface area contributed by atoms with Crippen molar-refractivity contribution in [2.75, 3.05) is 31.6 Å². The molecule has 2 fully saturated rings. The number of aliphatic imine (C=N–C) groups is 1. The highest BCUT2D eigenvalue weighted by molar-refractivity contribution is 6.13. The number of hydrogen-bond acceptors (Lipinski definition) is 7. The standard InChI is InChI=1S/C25H30F3N5O4/c1-3-30-15-17(13-29)21(34)32-24(9-10-24)23(36)31-14-16-7-11-33(12-8-16)19-6-4-5-18(25(26,27)28)20(19)22(35)37-2/h3-6,13,15-16H,1,7-12,14,29H2,2H3,(H,31,36)(H,32,34)/b17-13+,30-15?. The summed E-state index contributed by atoms with van der Waals surface area (Å²) in [7, 11) is 1.05. The third kappa shape index (κ3) is 6.49. The van der Waals surface area contributed by atoms with Gasteiger partial charge in [0.15, 0.2) is 0 Å². The fourth-order valence-electron chi connectivity index (χ4n) is 4.27. The summed E-state index contributed by atoms with van der Waals surface area (Å²) in [4.78, 5) is 43.0. The summed E-state index contributed by atoms with van der Waals surface area (Å²) in [6.07, 6.45) is 1.07. The molecule has 2 aliphatic rings. The van der Waals surface area contributed by atoms with Crippen LogP contribution in [0.5, 0.6) is 0 Å². The van der Waals surface area contributed by atoms with E-state index in [1.807, 2.05) is 0 Å². The largest absolute Gasteiger partial charge is 0.465 e. The van der Waals surface area contributed by atoms with Crippen LogP contribution in [-0.4, -0.2) is 56.3 Å². The van der Waals surface area contributed by atoms with E-state index in [1.165, 1.54) is 24.5 Å². The summed E-state index contributed by atoms with van der Waals surface area (Å²) in [6.45, 7) is 4.59. The summed E-state index contributed by atoms with van der Waals surface area (Å²) in [5.74, 6) is -1.78. The Labute approximate surface area is 212 Å². The number of ether oxygens (including phenoxy) is 1. The Bertz CT molecular complexity index is 1100. The van der Waals surface area contributed by atoms with Gasteiger partial charge in [-0.05, 0) is 43.7 Å². The molecule has 1 heterocycles. The number of piperidine rings is 1. The number of carbonyl (C=O) groups excluding carboxylic acids is 3. The van der Waals surface area contributed by atoms with Gasteiger partial charge in [0, 0.05) is 38.2 Å². The lowest BCUT2D eigenvalue weighted by Gasteiger charge is -2.35. The van der Waals surface area contributed by atoms with Crippen molar-refractivity contribution in [3.05, 3.63) is 53.9 Å². The average Bonchev–Trinajstić information content (AvgIpc) is 3.67. The molecule has 1 aromatic rings. The highest BCUT2D eigenvalue weighted by Crippen LogP contribution is 2.38. The van der Waals surface area contributed by atoms with Crippen LogP contribution in [0.3, 0.4) is 0 Å². The number of nitrogens with zero attached hydrogens (tertiary/aromatic N) is 2. The maximum absolute atomic E-state index is 13.5. The van der Waals surface area contributed by atoms with Crippen molar-refractivity contribution in [2.45, 2.75) is 37.4 Å². The Morgan fingerprint density at radius 1 is 1.27 bits per heavy atom. The van der Waals surface area contributed by atoms with E-state index >= 15 is 0 Å². The van der Waals surface area contributed by atoms with E-state index in [-0.39, 0.29) is 23.1 Å². The predicted octanol–water partition coefficient (Wildman–Crippen LogP) is 2.53. The fraction of sp³-hybridized carbons (Fsp3) is 0.440. The first kappa shape index (κ1) is 27.8. The molecule has 1 aliphatic carbocycles. The van der Waals surface area contributed by atoms with Gasteiger partial charge in [-0.1, -0.05) is 12.6 Å². The molecule has 0 atom stereocenters. The molecule has 37 heavy (non-hydrogen) atoms. The monoisotopic (exact) mass is 521 g/mol. The third-order valence-corrected chi connectivity index (χ3v) is 6.54. The van der Waals surface area contributed by atoms with Crippen LogP contribution in [0.1, 0.15) is 41.6 Å². The maximum atomic E-state index is 13.5. The molecule has 200 valence electrons. The zero-order valence-electron chi connectivity index (χ0n) is 20.4. The molecule has 0 bridgehead atoms. The van der Waals surface area contributed by atoms with Gasteiger partial charge in [-0.3, -0.25) is 14.6 Å². The number of benzene rings is 1. The number of rotatable bonds is 9.